The lowest BCUT2D eigenvalue weighted by Gasteiger charge is -2.26. The Morgan fingerprint density at radius 2 is 1.83 bits per heavy atom. The molecule has 0 radical (unpaired) electrons. The monoisotopic (exact) mass is 409 g/mol. The number of nitrogens with zero attached hydrogens (tertiary/aromatic N) is 1. The SMILES string of the molecule is CC(=O)CCc1ccc(OCC(=O)N2CCCC2c2ccc3c(c2)OCCO3)cc1. The number of Topliss-reactive ketones (excluding diaryl/α,β-unsaturated/α-hetero) is 1. The summed E-state index contributed by atoms with van der Waals surface area (Å²) in [7, 11) is 0. The van der Waals surface area contributed by atoms with Crippen molar-refractivity contribution in [2.24, 2.45) is 0 Å². The molecule has 2 aromatic rings. The molecular weight excluding hydrogens is 382 g/mol. The number of amides is 1. The highest BCUT2D eigenvalue weighted by Crippen LogP contribution is 2.38. The third kappa shape index (κ3) is 4.75. The van der Waals surface area contributed by atoms with Crippen molar-refractivity contribution in [1.29, 1.82) is 0 Å². The first-order valence-corrected chi connectivity index (χ1v) is 10.5. The molecule has 0 spiro atoms. The maximum Gasteiger partial charge on any atom is 0.261 e. The van der Waals surface area contributed by atoms with Crippen molar-refractivity contribution in [3.8, 4) is 17.2 Å². The molecule has 6 heteroatoms. The molecule has 0 aromatic heterocycles. The Kier molecular flexibility index (Phi) is 6.21. The van der Waals surface area contributed by atoms with Gasteiger partial charge in [-0.15, -0.1) is 0 Å². The Bertz CT molecular complexity index is 908. The zero-order valence-corrected chi connectivity index (χ0v) is 17.3. The molecule has 6 nitrogen and oxygen atoms in total. The molecule has 1 atom stereocenters. The van der Waals surface area contributed by atoms with E-state index in [1.165, 1.54) is 0 Å². The van der Waals surface area contributed by atoms with Gasteiger partial charge in [-0.25, -0.2) is 0 Å². The first kappa shape index (κ1) is 20.3. The number of benzene rings is 2. The zero-order valence-electron chi connectivity index (χ0n) is 17.3. The number of ketones is 1. The molecule has 1 saturated heterocycles. The normalized spacial score (nSPS) is 17.6. The van der Waals surface area contributed by atoms with Gasteiger partial charge in [0.25, 0.3) is 5.91 Å². The second-order valence-corrected chi connectivity index (χ2v) is 7.78. The summed E-state index contributed by atoms with van der Waals surface area (Å²) in [5.74, 6) is 2.33. The number of likely N-dealkylation sites (tertiary alicyclic amines) is 1. The molecule has 0 saturated carbocycles. The number of fused-ring (bicyclic) bond motifs is 1. The van der Waals surface area contributed by atoms with Crippen LogP contribution >= 0.6 is 0 Å². The summed E-state index contributed by atoms with van der Waals surface area (Å²) in [4.78, 5) is 25.8. The molecule has 2 aliphatic rings. The van der Waals surface area contributed by atoms with Crippen LogP contribution in [-0.4, -0.2) is 43.0 Å². The molecule has 2 aromatic carbocycles. The van der Waals surface area contributed by atoms with E-state index in [9.17, 15) is 9.59 Å². The fourth-order valence-corrected chi connectivity index (χ4v) is 3.98. The maximum atomic E-state index is 12.8. The third-order valence-electron chi connectivity index (χ3n) is 5.58. The van der Waals surface area contributed by atoms with Crippen LogP contribution in [0.2, 0.25) is 0 Å². The molecule has 1 amide bonds. The van der Waals surface area contributed by atoms with Crippen LogP contribution < -0.4 is 14.2 Å². The van der Waals surface area contributed by atoms with Crippen molar-refractivity contribution < 1.29 is 23.8 Å². The number of hydrogen-bond acceptors (Lipinski definition) is 5. The second-order valence-electron chi connectivity index (χ2n) is 7.78. The number of aryl methyl sites for hydroxylation is 1. The van der Waals surface area contributed by atoms with E-state index in [0.717, 1.165) is 48.4 Å². The van der Waals surface area contributed by atoms with E-state index in [2.05, 4.69) is 0 Å². The molecule has 1 fully saturated rings. The van der Waals surface area contributed by atoms with Crippen molar-refractivity contribution in [1.82, 2.24) is 4.90 Å². The van der Waals surface area contributed by atoms with E-state index in [1.54, 1.807) is 6.92 Å². The van der Waals surface area contributed by atoms with Crippen LogP contribution in [0.3, 0.4) is 0 Å². The van der Waals surface area contributed by atoms with Gasteiger partial charge in [0, 0.05) is 13.0 Å². The summed E-state index contributed by atoms with van der Waals surface area (Å²) < 4.78 is 17.0. The molecule has 30 heavy (non-hydrogen) atoms. The van der Waals surface area contributed by atoms with E-state index in [1.807, 2.05) is 47.4 Å². The van der Waals surface area contributed by atoms with Gasteiger partial charge in [0.15, 0.2) is 18.1 Å². The molecule has 2 heterocycles. The van der Waals surface area contributed by atoms with Crippen LogP contribution in [-0.2, 0) is 16.0 Å². The summed E-state index contributed by atoms with van der Waals surface area (Å²) in [6, 6.07) is 13.6. The first-order valence-electron chi connectivity index (χ1n) is 10.5. The van der Waals surface area contributed by atoms with Crippen LogP contribution in [0.1, 0.15) is 43.4 Å². The molecule has 158 valence electrons. The van der Waals surface area contributed by atoms with Crippen LogP contribution in [0.4, 0.5) is 0 Å². The van der Waals surface area contributed by atoms with Crippen LogP contribution in [0.15, 0.2) is 42.5 Å². The van der Waals surface area contributed by atoms with E-state index in [4.69, 9.17) is 14.2 Å². The summed E-state index contributed by atoms with van der Waals surface area (Å²) in [5, 5.41) is 0. The number of rotatable bonds is 7. The smallest absolute Gasteiger partial charge is 0.261 e. The highest BCUT2D eigenvalue weighted by atomic mass is 16.6. The first-order chi connectivity index (χ1) is 14.6. The highest BCUT2D eigenvalue weighted by molar-refractivity contribution is 5.78. The van der Waals surface area contributed by atoms with Gasteiger partial charge in [0.05, 0.1) is 6.04 Å². The lowest BCUT2D eigenvalue weighted by atomic mass is 10.0. The van der Waals surface area contributed by atoms with Gasteiger partial charge < -0.3 is 23.9 Å². The molecule has 1 unspecified atom stereocenters. The average Bonchev–Trinajstić information content (AvgIpc) is 3.26. The Balaban J connectivity index is 1.35. The van der Waals surface area contributed by atoms with Crippen LogP contribution in [0.25, 0.3) is 0 Å². The number of hydrogen-bond donors (Lipinski definition) is 0. The standard InChI is InChI=1S/C24H27NO5/c1-17(26)4-5-18-6-9-20(10-7-18)30-16-24(27)25-12-2-3-21(25)19-8-11-22-23(15-19)29-14-13-28-22/h6-11,15,21H,2-5,12-14,16H2,1H3. The zero-order chi connectivity index (χ0) is 20.9. The molecule has 2 aliphatic heterocycles. The Labute approximate surface area is 176 Å². The molecule has 0 bridgehead atoms. The Morgan fingerprint density at radius 1 is 1.07 bits per heavy atom. The minimum atomic E-state index is -0.0203. The second kappa shape index (κ2) is 9.20. The number of carbonyl (C=O) groups excluding carboxylic acids is 2. The summed E-state index contributed by atoms with van der Waals surface area (Å²) in [6.45, 7) is 3.44. The molecule has 4 rings (SSSR count). The molecular formula is C24H27NO5. The van der Waals surface area contributed by atoms with Crippen LogP contribution in [0.5, 0.6) is 17.2 Å². The lowest BCUT2D eigenvalue weighted by Crippen LogP contribution is -2.34. The van der Waals surface area contributed by atoms with Gasteiger partial charge in [-0.05, 0) is 61.6 Å². The van der Waals surface area contributed by atoms with Crippen molar-refractivity contribution in [3.63, 3.8) is 0 Å². The minimum Gasteiger partial charge on any atom is -0.486 e. The predicted octanol–water partition coefficient (Wildman–Crippen LogP) is 3.72. The predicted molar refractivity (Wildman–Crippen MR) is 112 cm³/mol. The van der Waals surface area contributed by atoms with Crippen molar-refractivity contribution in [2.45, 2.75) is 38.6 Å². The Morgan fingerprint density at radius 3 is 2.60 bits per heavy atom. The molecule has 0 aliphatic carbocycles. The quantitative estimate of drug-likeness (QED) is 0.697. The number of carbonyl (C=O) groups is 2. The van der Waals surface area contributed by atoms with Gasteiger partial charge in [-0.1, -0.05) is 18.2 Å². The van der Waals surface area contributed by atoms with Crippen LogP contribution in [0, 0.1) is 0 Å². The van der Waals surface area contributed by atoms with E-state index < -0.39 is 0 Å². The van der Waals surface area contributed by atoms with Crippen molar-refractivity contribution in [2.75, 3.05) is 26.4 Å². The molecule has 0 N–H and O–H groups in total. The summed E-state index contributed by atoms with van der Waals surface area (Å²) in [6.07, 6.45) is 3.15. The summed E-state index contributed by atoms with van der Waals surface area (Å²) in [5.41, 5.74) is 2.15. The van der Waals surface area contributed by atoms with Gasteiger partial charge in [0.2, 0.25) is 0 Å². The lowest BCUT2D eigenvalue weighted by molar-refractivity contribution is -0.134. The van der Waals surface area contributed by atoms with Gasteiger partial charge in [-0.2, -0.15) is 0 Å². The van der Waals surface area contributed by atoms with Crippen molar-refractivity contribution in [3.05, 3.63) is 53.6 Å². The van der Waals surface area contributed by atoms with Gasteiger partial charge >= 0.3 is 0 Å². The Hall–Kier alpha value is -3.02. The maximum absolute atomic E-state index is 12.8. The largest absolute Gasteiger partial charge is 0.486 e. The fourth-order valence-electron chi connectivity index (χ4n) is 3.98. The van der Waals surface area contributed by atoms with E-state index in [0.29, 0.717) is 25.4 Å². The average molecular weight is 409 g/mol. The van der Waals surface area contributed by atoms with E-state index in [-0.39, 0.29) is 24.3 Å². The van der Waals surface area contributed by atoms with Gasteiger partial charge in [-0.3, -0.25) is 4.79 Å². The minimum absolute atomic E-state index is 0.00778. The number of ether oxygens (including phenoxy) is 3. The fraction of sp³-hybridized carbons (Fsp3) is 0.417. The highest BCUT2D eigenvalue weighted by Gasteiger charge is 2.31. The van der Waals surface area contributed by atoms with Gasteiger partial charge in [0.1, 0.15) is 24.7 Å². The summed E-state index contributed by atoms with van der Waals surface area (Å²) >= 11 is 0. The topological polar surface area (TPSA) is 65.1 Å². The third-order valence-corrected chi connectivity index (χ3v) is 5.58. The van der Waals surface area contributed by atoms with E-state index >= 15 is 0 Å². The van der Waals surface area contributed by atoms with Crippen molar-refractivity contribution >= 4 is 11.7 Å².